The van der Waals surface area contributed by atoms with Gasteiger partial charge in [-0.05, 0) is 24.3 Å². The van der Waals surface area contributed by atoms with Crippen molar-refractivity contribution in [1.82, 2.24) is 0 Å². The van der Waals surface area contributed by atoms with E-state index in [0.29, 0.717) is 22.1 Å². The molecular weight excluding hydrogens is 280 g/mol. The third-order valence-electron chi connectivity index (χ3n) is 2.60. The van der Waals surface area contributed by atoms with Gasteiger partial charge in [-0.15, -0.1) is 11.8 Å². The third-order valence-corrected chi connectivity index (χ3v) is 4.12. The lowest BCUT2D eigenvalue weighted by Crippen LogP contribution is -2.04. The summed E-state index contributed by atoms with van der Waals surface area (Å²) in [6, 6.07) is 14.7. The van der Waals surface area contributed by atoms with Gasteiger partial charge in [-0.25, -0.2) is 0 Å². The molecule has 0 saturated heterocycles. The van der Waals surface area contributed by atoms with Crippen LogP contribution in [0.15, 0.2) is 53.4 Å². The Morgan fingerprint density at radius 3 is 2.58 bits per heavy atom. The molecule has 0 saturated carbocycles. The number of rotatable bonds is 5. The summed E-state index contributed by atoms with van der Waals surface area (Å²) in [5.74, 6) is 0.971. The number of hydrogen-bond acceptors (Lipinski definition) is 3. The van der Waals surface area contributed by atoms with E-state index in [1.165, 1.54) is 11.8 Å². The van der Waals surface area contributed by atoms with Gasteiger partial charge in [0.1, 0.15) is 5.75 Å². The predicted molar refractivity (Wildman–Crippen MR) is 79.5 cm³/mol. The average molecular weight is 293 g/mol. The molecule has 2 aromatic rings. The van der Waals surface area contributed by atoms with Crippen LogP contribution >= 0.6 is 23.4 Å². The van der Waals surface area contributed by atoms with Crippen LogP contribution in [0.5, 0.6) is 5.75 Å². The number of carbonyl (C=O) groups excluding carboxylic acids is 1. The van der Waals surface area contributed by atoms with Gasteiger partial charge in [-0.2, -0.15) is 0 Å². The van der Waals surface area contributed by atoms with Gasteiger partial charge < -0.3 is 4.74 Å². The highest BCUT2D eigenvalue weighted by atomic mass is 35.5. The highest BCUT2D eigenvalue weighted by Gasteiger charge is 2.12. The lowest BCUT2D eigenvalue weighted by molar-refractivity contribution is 0.101. The van der Waals surface area contributed by atoms with Crippen molar-refractivity contribution < 1.29 is 9.53 Å². The smallest absolute Gasteiger partial charge is 0.176 e. The van der Waals surface area contributed by atoms with Crippen LogP contribution in [-0.2, 0) is 0 Å². The first-order valence-corrected chi connectivity index (χ1v) is 7.12. The van der Waals surface area contributed by atoms with Crippen LogP contribution in [0.1, 0.15) is 10.4 Å². The molecule has 98 valence electrons. The van der Waals surface area contributed by atoms with Gasteiger partial charge in [0.25, 0.3) is 0 Å². The van der Waals surface area contributed by atoms with Gasteiger partial charge >= 0.3 is 0 Å². The summed E-state index contributed by atoms with van der Waals surface area (Å²) in [6.45, 7) is 0. The summed E-state index contributed by atoms with van der Waals surface area (Å²) < 4.78 is 5.19. The molecule has 0 radical (unpaired) electrons. The van der Waals surface area contributed by atoms with Crippen LogP contribution in [0.2, 0.25) is 5.02 Å². The van der Waals surface area contributed by atoms with Crippen molar-refractivity contribution in [2.45, 2.75) is 4.90 Å². The summed E-state index contributed by atoms with van der Waals surface area (Å²) in [5.41, 5.74) is 0.601. The number of para-hydroxylation sites is 1. The second-order valence-corrected chi connectivity index (χ2v) is 5.27. The Kier molecular flexibility index (Phi) is 4.88. The lowest BCUT2D eigenvalue weighted by Gasteiger charge is -2.07. The molecule has 0 aliphatic heterocycles. The molecule has 0 unspecified atom stereocenters. The Morgan fingerprint density at radius 1 is 1.16 bits per heavy atom. The average Bonchev–Trinajstić information content (AvgIpc) is 2.46. The fraction of sp³-hybridized carbons (Fsp3) is 0.133. The second-order valence-electron chi connectivity index (χ2n) is 3.84. The van der Waals surface area contributed by atoms with E-state index in [4.69, 9.17) is 16.3 Å². The van der Waals surface area contributed by atoms with Crippen LogP contribution in [0.25, 0.3) is 0 Å². The zero-order valence-electron chi connectivity index (χ0n) is 10.4. The Balaban J connectivity index is 2.08. The molecule has 0 heterocycles. The normalized spacial score (nSPS) is 10.2. The van der Waals surface area contributed by atoms with E-state index < -0.39 is 0 Å². The maximum atomic E-state index is 12.2. The minimum atomic E-state index is 0.0300. The minimum Gasteiger partial charge on any atom is -0.496 e. The van der Waals surface area contributed by atoms with Crippen LogP contribution < -0.4 is 4.74 Å². The van der Waals surface area contributed by atoms with E-state index in [1.54, 1.807) is 19.2 Å². The van der Waals surface area contributed by atoms with E-state index >= 15 is 0 Å². The van der Waals surface area contributed by atoms with Gasteiger partial charge in [0.2, 0.25) is 0 Å². The number of ether oxygens (including phenoxy) is 1. The molecule has 2 aromatic carbocycles. The molecular formula is C15H13ClO2S. The topological polar surface area (TPSA) is 26.3 Å². The zero-order chi connectivity index (χ0) is 13.7. The molecule has 0 fully saturated rings. The number of halogens is 1. The lowest BCUT2D eigenvalue weighted by atomic mass is 10.1. The van der Waals surface area contributed by atoms with Crippen molar-refractivity contribution >= 4 is 29.1 Å². The molecule has 19 heavy (non-hydrogen) atoms. The number of methoxy groups -OCH3 is 1. The summed E-state index contributed by atoms with van der Waals surface area (Å²) in [5, 5.41) is 0.667. The quantitative estimate of drug-likeness (QED) is 0.606. The van der Waals surface area contributed by atoms with E-state index in [1.807, 2.05) is 36.4 Å². The first kappa shape index (κ1) is 14.0. The fourth-order valence-electron chi connectivity index (χ4n) is 1.66. The largest absolute Gasteiger partial charge is 0.496 e. The molecule has 2 rings (SSSR count). The maximum Gasteiger partial charge on any atom is 0.176 e. The fourth-order valence-corrected chi connectivity index (χ4v) is 2.78. The Morgan fingerprint density at radius 2 is 1.84 bits per heavy atom. The number of carbonyl (C=O) groups is 1. The van der Waals surface area contributed by atoms with Crippen LogP contribution in [0.4, 0.5) is 0 Å². The number of hydrogen-bond donors (Lipinski definition) is 0. The number of ketones is 1. The summed E-state index contributed by atoms with van der Waals surface area (Å²) in [4.78, 5) is 13.1. The number of thioether (sulfide) groups is 1. The van der Waals surface area contributed by atoms with Crippen molar-refractivity contribution in [3.05, 3.63) is 59.1 Å². The van der Waals surface area contributed by atoms with Crippen molar-refractivity contribution in [3.63, 3.8) is 0 Å². The van der Waals surface area contributed by atoms with Crippen molar-refractivity contribution in [3.8, 4) is 5.75 Å². The van der Waals surface area contributed by atoms with Gasteiger partial charge in [-0.1, -0.05) is 35.9 Å². The van der Waals surface area contributed by atoms with Crippen molar-refractivity contribution in [2.75, 3.05) is 12.9 Å². The van der Waals surface area contributed by atoms with E-state index in [-0.39, 0.29) is 5.78 Å². The Labute approximate surface area is 121 Å². The molecule has 0 bridgehead atoms. The van der Waals surface area contributed by atoms with Crippen molar-refractivity contribution in [1.29, 1.82) is 0 Å². The Hall–Kier alpha value is -1.45. The molecule has 4 heteroatoms. The Bertz CT molecular complexity index is 584. The number of benzene rings is 2. The van der Waals surface area contributed by atoms with Crippen LogP contribution in [-0.4, -0.2) is 18.6 Å². The van der Waals surface area contributed by atoms with Crippen molar-refractivity contribution in [2.24, 2.45) is 0 Å². The van der Waals surface area contributed by atoms with E-state index in [9.17, 15) is 4.79 Å². The molecule has 0 aromatic heterocycles. The minimum absolute atomic E-state index is 0.0300. The first-order chi connectivity index (χ1) is 9.22. The zero-order valence-corrected chi connectivity index (χ0v) is 12.0. The molecule has 0 atom stereocenters. The SMILES string of the molecule is COc1ccccc1C(=O)CSc1ccccc1Cl. The molecule has 0 N–H and O–H groups in total. The number of Topliss-reactive ketones (excluding diaryl/α,β-unsaturated/α-hetero) is 1. The maximum absolute atomic E-state index is 12.2. The third kappa shape index (κ3) is 3.52. The summed E-state index contributed by atoms with van der Waals surface area (Å²) in [7, 11) is 1.56. The van der Waals surface area contributed by atoms with Gasteiger partial charge in [0.15, 0.2) is 5.78 Å². The summed E-state index contributed by atoms with van der Waals surface area (Å²) in [6.07, 6.45) is 0. The van der Waals surface area contributed by atoms with Gasteiger partial charge in [-0.3, -0.25) is 4.79 Å². The standard InChI is InChI=1S/C15H13ClO2S/c1-18-14-8-4-2-6-11(14)13(17)10-19-15-9-5-3-7-12(15)16/h2-9H,10H2,1H3. The van der Waals surface area contributed by atoms with Gasteiger partial charge in [0, 0.05) is 4.90 Å². The molecule has 0 amide bonds. The highest BCUT2D eigenvalue weighted by Crippen LogP contribution is 2.28. The van der Waals surface area contributed by atoms with E-state index in [2.05, 4.69) is 0 Å². The molecule has 0 aliphatic carbocycles. The molecule has 0 spiro atoms. The monoisotopic (exact) mass is 292 g/mol. The van der Waals surface area contributed by atoms with E-state index in [0.717, 1.165) is 4.90 Å². The highest BCUT2D eigenvalue weighted by molar-refractivity contribution is 8.00. The van der Waals surface area contributed by atoms with Crippen LogP contribution in [0.3, 0.4) is 0 Å². The second kappa shape index (κ2) is 6.64. The summed E-state index contributed by atoms with van der Waals surface area (Å²) >= 11 is 7.49. The van der Waals surface area contributed by atoms with Gasteiger partial charge in [0.05, 0.1) is 23.4 Å². The predicted octanol–water partition coefficient (Wildman–Crippen LogP) is 4.32. The molecule has 2 nitrogen and oxygen atoms in total. The molecule has 0 aliphatic rings. The van der Waals surface area contributed by atoms with Crippen LogP contribution in [0, 0.1) is 0 Å². The first-order valence-electron chi connectivity index (χ1n) is 5.76.